The molecule has 1 aromatic rings. The van der Waals surface area contributed by atoms with Crippen molar-refractivity contribution in [2.75, 3.05) is 13.4 Å². The molecule has 1 fully saturated rings. The molecule has 5 nitrogen and oxygen atoms in total. The number of Topliss-reactive ketones (excluding diaryl/α,β-unsaturated/α-hetero) is 1. The number of carbonyl (C=O) groups excluding carboxylic acids is 2. The Morgan fingerprint density at radius 1 is 1.08 bits per heavy atom. The topological polar surface area (TPSA) is 61.8 Å². The molecule has 5 heteroatoms. The molecule has 0 N–H and O–H groups in total. The molecule has 0 spiro atoms. The first-order chi connectivity index (χ1) is 11.7. The van der Waals surface area contributed by atoms with Gasteiger partial charge in [-0.1, -0.05) is 32.1 Å². The second kappa shape index (κ2) is 8.18. The van der Waals surface area contributed by atoms with Gasteiger partial charge in [0.25, 0.3) is 0 Å². The summed E-state index contributed by atoms with van der Waals surface area (Å²) in [4.78, 5) is 23.9. The smallest absolute Gasteiger partial charge is 0.306 e. The second-order valence-corrected chi connectivity index (χ2v) is 6.55. The van der Waals surface area contributed by atoms with Crippen molar-refractivity contribution in [2.24, 2.45) is 5.92 Å². The van der Waals surface area contributed by atoms with E-state index in [4.69, 9.17) is 14.2 Å². The maximum absolute atomic E-state index is 12.1. The summed E-state index contributed by atoms with van der Waals surface area (Å²) < 4.78 is 15.6. The summed E-state index contributed by atoms with van der Waals surface area (Å²) in [6.07, 6.45) is 8.89. The number of ether oxygens (including phenoxy) is 3. The Kier molecular flexibility index (Phi) is 5.72. The lowest BCUT2D eigenvalue weighted by Crippen LogP contribution is -2.14. The van der Waals surface area contributed by atoms with Gasteiger partial charge in [-0.2, -0.15) is 0 Å². The molecule has 0 atom stereocenters. The van der Waals surface area contributed by atoms with Gasteiger partial charge in [-0.15, -0.1) is 0 Å². The quantitative estimate of drug-likeness (QED) is 0.560. The Morgan fingerprint density at radius 2 is 1.88 bits per heavy atom. The van der Waals surface area contributed by atoms with E-state index in [2.05, 4.69) is 0 Å². The maximum atomic E-state index is 12.1. The molecule has 2 aliphatic rings. The minimum absolute atomic E-state index is 0.170. The minimum Gasteiger partial charge on any atom is -0.457 e. The van der Waals surface area contributed by atoms with Gasteiger partial charge in [0.1, 0.15) is 0 Å². The number of rotatable bonds is 7. The zero-order valence-corrected chi connectivity index (χ0v) is 13.9. The van der Waals surface area contributed by atoms with Gasteiger partial charge in [-0.3, -0.25) is 9.59 Å². The molecule has 0 unspecified atom stereocenters. The van der Waals surface area contributed by atoms with E-state index in [1.807, 2.05) is 0 Å². The number of carbonyl (C=O) groups is 2. The van der Waals surface area contributed by atoms with Gasteiger partial charge in [0.15, 0.2) is 23.9 Å². The first-order valence-corrected chi connectivity index (χ1v) is 8.81. The normalized spacial score (nSPS) is 16.8. The molecule has 24 heavy (non-hydrogen) atoms. The highest BCUT2D eigenvalue weighted by molar-refractivity contribution is 5.98. The van der Waals surface area contributed by atoms with Crippen LogP contribution in [0, 0.1) is 5.92 Å². The van der Waals surface area contributed by atoms with Crippen molar-refractivity contribution in [2.45, 2.75) is 51.4 Å². The Hall–Kier alpha value is -2.04. The van der Waals surface area contributed by atoms with E-state index in [-0.39, 0.29) is 25.2 Å². The minimum atomic E-state index is -0.292. The Labute approximate surface area is 142 Å². The van der Waals surface area contributed by atoms with E-state index in [1.165, 1.54) is 32.1 Å². The fraction of sp³-hybridized carbons (Fsp3) is 0.579. The standard InChI is InChI=1S/C19H24O5/c20-16(15-9-10-17-18(11-15)24-13-23-17)12-22-19(21)8-4-7-14-5-2-1-3-6-14/h9-11,14H,1-8,12-13H2. The van der Waals surface area contributed by atoms with Gasteiger partial charge < -0.3 is 14.2 Å². The van der Waals surface area contributed by atoms with Crippen LogP contribution in [0.4, 0.5) is 0 Å². The van der Waals surface area contributed by atoms with Crippen LogP contribution in [0.25, 0.3) is 0 Å². The molecular formula is C19H24O5. The summed E-state index contributed by atoms with van der Waals surface area (Å²) in [5.74, 6) is 1.43. The van der Waals surface area contributed by atoms with Crippen molar-refractivity contribution in [3.05, 3.63) is 23.8 Å². The summed E-state index contributed by atoms with van der Waals surface area (Å²) >= 11 is 0. The van der Waals surface area contributed by atoms with Gasteiger partial charge in [0.05, 0.1) is 0 Å². The molecule has 1 aliphatic heterocycles. The molecule has 0 aromatic heterocycles. The predicted molar refractivity (Wildman–Crippen MR) is 88.3 cm³/mol. The van der Waals surface area contributed by atoms with Crippen LogP contribution < -0.4 is 9.47 Å². The largest absolute Gasteiger partial charge is 0.457 e. The third-order valence-corrected chi connectivity index (χ3v) is 4.78. The Morgan fingerprint density at radius 3 is 2.71 bits per heavy atom. The summed E-state index contributed by atoms with van der Waals surface area (Å²) in [7, 11) is 0. The number of esters is 1. The van der Waals surface area contributed by atoms with Gasteiger partial charge in [-0.05, 0) is 37.0 Å². The van der Waals surface area contributed by atoms with Crippen molar-refractivity contribution >= 4 is 11.8 Å². The van der Waals surface area contributed by atoms with E-state index in [0.29, 0.717) is 23.5 Å². The lowest BCUT2D eigenvalue weighted by atomic mass is 9.86. The molecule has 1 heterocycles. The average molecular weight is 332 g/mol. The molecule has 0 bridgehead atoms. The van der Waals surface area contributed by atoms with Gasteiger partial charge >= 0.3 is 5.97 Å². The predicted octanol–water partition coefficient (Wildman–Crippen LogP) is 3.89. The van der Waals surface area contributed by atoms with Crippen LogP contribution in [-0.2, 0) is 9.53 Å². The highest BCUT2D eigenvalue weighted by Gasteiger charge is 2.18. The van der Waals surface area contributed by atoms with Crippen LogP contribution in [0.2, 0.25) is 0 Å². The number of hydrogen-bond acceptors (Lipinski definition) is 5. The number of fused-ring (bicyclic) bond motifs is 1. The van der Waals surface area contributed by atoms with E-state index in [0.717, 1.165) is 18.8 Å². The van der Waals surface area contributed by atoms with Crippen LogP contribution in [0.15, 0.2) is 18.2 Å². The first kappa shape index (κ1) is 16.8. The molecule has 0 saturated heterocycles. The summed E-state index contributed by atoms with van der Waals surface area (Å²) in [5, 5.41) is 0. The van der Waals surface area contributed by atoms with Crippen molar-refractivity contribution in [3.8, 4) is 11.5 Å². The van der Waals surface area contributed by atoms with Crippen LogP contribution in [-0.4, -0.2) is 25.2 Å². The van der Waals surface area contributed by atoms with E-state index >= 15 is 0 Å². The lowest BCUT2D eigenvalue weighted by Gasteiger charge is -2.20. The van der Waals surface area contributed by atoms with E-state index in [1.54, 1.807) is 18.2 Å². The average Bonchev–Trinajstić information content (AvgIpc) is 3.08. The SMILES string of the molecule is O=C(CCCC1CCCCC1)OCC(=O)c1ccc2c(c1)OCO2. The third kappa shape index (κ3) is 4.49. The van der Waals surface area contributed by atoms with Gasteiger partial charge in [0, 0.05) is 12.0 Å². The number of hydrogen-bond donors (Lipinski definition) is 0. The van der Waals surface area contributed by atoms with Gasteiger partial charge in [0.2, 0.25) is 6.79 Å². The van der Waals surface area contributed by atoms with Crippen LogP contribution in [0.1, 0.15) is 61.7 Å². The first-order valence-electron chi connectivity index (χ1n) is 8.81. The highest BCUT2D eigenvalue weighted by Crippen LogP contribution is 2.32. The molecular weight excluding hydrogens is 308 g/mol. The summed E-state index contributed by atoms with van der Waals surface area (Å²) in [6, 6.07) is 4.98. The molecule has 130 valence electrons. The monoisotopic (exact) mass is 332 g/mol. The molecule has 1 aromatic carbocycles. The van der Waals surface area contributed by atoms with E-state index < -0.39 is 0 Å². The van der Waals surface area contributed by atoms with Crippen LogP contribution in [0.5, 0.6) is 11.5 Å². The number of benzene rings is 1. The van der Waals surface area contributed by atoms with Crippen LogP contribution in [0.3, 0.4) is 0 Å². The van der Waals surface area contributed by atoms with Crippen molar-refractivity contribution in [1.82, 2.24) is 0 Å². The van der Waals surface area contributed by atoms with Crippen molar-refractivity contribution in [1.29, 1.82) is 0 Å². The second-order valence-electron chi connectivity index (χ2n) is 6.55. The van der Waals surface area contributed by atoms with Gasteiger partial charge in [-0.25, -0.2) is 0 Å². The Balaban J connectivity index is 1.37. The zero-order chi connectivity index (χ0) is 16.8. The maximum Gasteiger partial charge on any atom is 0.306 e. The molecule has 0 radical (unpaired) electrons. The molecule has 1 saturated carbocycles. The fourth-order valence-electron chi connectivity index (χ4n) is 3.38. The summed E-state index contributed by atoms with van der Waals surface area (Å²) in [5.41, 5.74) is 0.467. The number of ketones is 1. The van der Waals surface area contributed by atoms with Crippen molar-refractivity contribution < 1.29 is 23.8 Å². The molecule has 0 amide bonds. The highest BCUT2D eigenvalue weighted by atomic mass is 16.7. The summed E-state index contributed by atoms with van der Waals surface area (Å²) in [6.45, 7) is -0.0507. The lowest BCUT2D eigenvalue weighted by molar-refractivity contribution is -0.142. The third-order valence-electron chi connectivity index (χ3n) is 4.78. The van der Waals surface area contributed by atoms with E-state index in [9.17, 15) is 9.59 Å². The molecule has 3 rings (SSSR count). The van der Waals surface area contributed by atoms with Crippen molar-refractivity contribution in [3.63, 3.8) is 0 Å². The van der Waals surface area contributed by atoms with Crippen LogP contribution >= 0.6 is 0 Å². The fourth-order valence-corrected chi connectivity index (χ4v) is 3.38. The molecule has 1 aliphatic carbocycles. The Bertz CT molecular complexity index is 589. The zero-order valence-electron chi connectivity index (χ0n) is 13.9.